The monoisotopic (exact) mass is 645 g/mol. The van der Waals surface area contributed by atoms with E-state index in [1.54, 1.807) is 17.2 Å². The predicted octanol–water partition coefficient (Wildman–Crippen LogP) is 4.01. The van der Waals surface area contributed by atoms with E-state index in [2.05, 4.69) is 20.5 Å². The lowest BCUT2D eigenvalue weighted by Crippen LogP contribution is -2.57. The molecule has 12 heteroatoms. The first-order valence-electron chi connectivity index (χ1n) is 17.1. The molecule has 3 N–H and O–H groups in total. The van der Waals surface area contributed by atoms with Gasteiger partial charge in [-0.15, -0.1) is 0 Å². The van der Waals surface area contributed by atoms with Crippen LogP contribution in [0.2, 0.25) is 0 Å². The Labute approximate surface area is 275 Å². The Morgan fingerprint density at radius 2 is 1.62 bits per heavy atom. The van der Waals surface area contributed by atoms with Crippen molar-refractivity contribution >= 4 is 23.7 Å². The number of anilines is 1. The number of benzene rings is 1. The van der Waals surface area contributed by atoms with Gasteiger partial charge in [-0.05, 0) is 87.4 Å². The number of hydrogen-bond acceptors (Lipinski definition) is 6. The molecule has 1 aromatic heterocycles. The summed E-state index contributed by atoms with van der Waals surface area (Å²) in [5.74, 6) is -0.692. The van der Waals surface area contributed by atoms with E-state index in [-0.39, 0.29) is 30.4 Å². The summed E-state index contributed by atoms with van der Waals surface area (Å²) in [6.45, 7) is 6.96. The van der Waals surface area contributed by atoms with Crippen molar-refractivity contribution in [3.8, 4) is 0 Å². The Kier molecular flexibility index (Phi) is 10.4. The highest BCUT2D eigenvalue weighted by Crippen LogP contribution is 2.28. The lowest BCUT2D eigenvalue weighted by Gasteiger charge is -2.42. The van der Waals surface area contributed by atoms with Crippen molar-refractivity contribution in [3.63, 3.8) is 0 Å². The summed E-state index contributed by atoms with van der Waals surface area (Å²) in [7, 11) is 0. The lowest BCUT2D eigenvalue weighted by molar-refractivity contribution is -0.134. The summed E-state index contributed by atoms with van der Waals surface area (Å²) in [5.41, 5.74) is 3.47. The molecule has 3 saturated heterocycles. The summed E-state index contributed by atoms with van der Waals surface area (Å²) in [5, 5.41) is 6.06. The highest BCUT2D eigenvalue weighted by atomic mass is 16.4. The number of rotatable bonds is 6. The standard InChI is InChI=1S/C35H47N7O5/c1-25-21-26(13-20-47-35(46)36-23-25)22-31(32(43)40-16-9-28(10-17-40)39-14-5-2-6-15-39)38-33(44)41-18-11-29(12-19-41)42-24-27-7-3-4-8-30(27)37-34(42)45/h3-4,7-8,13,20-21,23,28-29,31H,2,5-6,9-12,14-19,22,24H2,1H3,(H,36,46)(H,37,45)(H,38,44). The molecule has 0 saturated carbocycles. The minimum absolute atomic E-state index is 0.0197. The zero-order valence-electron chi connectivity index (χ0n) is 27.3. The van der Waals surface area contributed by atoms with Gasteiger partial charge >= 0.3 is 17.8 Å². The van der Waals surface area contributed by atoms with E-state index in [9.17, 15) is 19.2 Å². The first-order chi connectivity index (χ1) is 22.8. The first-order valence-corrected chi connectivity index (χ1v) is 17.1. The van der Waals surface area contributed by atoms with Crippen molar-refractivity contribution in [3.05, 3.63) is 76.1 Å². The molecule has 0 aliphatic carbocycles. The first kappa shape index (κ1) is 32.6. The van der Waals surface area contributed by atoms with Gasteiger partial charge in [0.2, 0.25) is 5.91 Å². The van der Waals surface area contributed by atoms with Crippen LogP contribution in [0.25, 0.3) is 0 Å². The predicted molar refractivity (Wildman–Crippen MR) is 178 cm³/mol. The number of fused-ring (bicyclic) bond motifs is 1. The Morgan fingerprint density at radius 1 is 0.915 bits per heavy atom. The van der Waals surface area contributed by atoms with Gasteiger partial charge in [0, 0.05) is 63.1 Å². The van der Waals surface area contributed by atoms with Gasteiger partial charge in [0.1, 0.15) is 6.04 Å². The quantitative estimate of drug-likeness (QED) is 0.435. The van der Waals surface area contributed by atoms with E-state index in [0.717, 1.165) is 48.3 Å². The SMILES string of the molecule is Cc1c[nH]c(=O)occc(CC(NC(=O)N2CCC(N3Cc4ccccc4NC3=O)CC2)C(=O)N2CCC(N3CCCCC3)CC2)c1. The molecule has 252 valence electrons. The van der Waals surface area contributed by atoms with Crippen LogP contribution in [0.4, 0.5) is 15.3 Å². The number of carbonyl (C=O) groups is 3. The molecule has 5 amide bonds. The number of para-hydroxylation sites is 1. The zero-order valence-corrected chi connectivity index (χ0v) is 27.3. The van der Waals surface area contributed by atoms with Crippen LogP contribution < -0.4 is 16.4 Å². The minimum atomic E-state index is -0.788. The number of amides is 5. The lowest BCUT2D eigenvalue weighted by atomic mass is 9.98. The van der Waals surface area contributed by atoms with E-state index < -0.39 is 11.8 Å². The van der Waals surface area contributed by atoms with Crippen LogP contribution in [0, 0.1) is 6.92 Å². The number of urea groups is 2. The van der Waals surface area contributed by atoms with E-state index >= 15 is 0 Å². The third-order valence-electron chi connectivity index (χ3n) is 10.1. The average molecular weight is 646 g/mol. The third kappa shape index (κ3) is 8.16. The van der Waals surface area contributed by atoms with Gasteiger partial charge in [-0.3, -0.25) is 9.78 Å². The molecule has 3 fully saturated rings. The van der Waals surface area contributed by atoms with Crippen LogP contribution in [-0.2, 0) is 17.8 Å². The number of hydrogen-bond donors (Lipinski definition) is 3. The van der Waals surface area contributed by atoms with Crippen molar-refractivity contribution in [2.45, 2.75) is 83.0 Å². The Hall–Kier alpha value is -4.32. The van der Waals surface area contributed by atoms with Crippen LogP contribution in [0.5, 0.6) is 0 Å². The van der Waals surface area contributed by atoms with Crippen molar-refractivity contribution in [1.29, 1.82) is 0 Å². The maximum absolute atomic E-state index is 14.1. The average Bonchev–Trinajstić information content (AvgIpc) is 3.17. The number of carbonyl (C=O) groups excluding carboxylic acids is 3. The smallest absolute Gasteiger partial charge is 0.416 e. The molecule has 0 spiro atoms. The summed E-state index contributed by atoms with van der Waals surface area (Å²) in [6, 6.07) is 10.7. The highest BCUT2D eigenvalue weighted by Gasteiger charge is 2.35. The fourth-order valence-electron chi connectivity index (χ4n) is 7.43. The van der Waals surface area contributed by atoms with E-state index in [4.69, 9.17) is 4.42 Å². The third-order valence-corrected chi connectivity index (χ3v) is 10.1. The number of nitrogens with one attached hydrogen (secondary N) is 3. The van der Waals surface area contributed by atoms with Gasteiger partial charge in [-0.25, -0.2) is 14.4 Å². The van der Waals surface area contributed by atoms with Crippen LogP contribution >= 0.6 is 0 Å². The second-order valence-corrected chi connectivity index (χ2v) is 13.3. The van der Waals surface area contributed by atoms with E-state index in [1.807, 2.05) is 47.1 Å². The van der Waals surface area contributed by atoms with Crippen LogP contribution in [0.3, 0.4) is 0 Å². The van der Waals surface area contributed by atoms with E-state index in [0.29, 0.717) is 51.6 Å². The number of H-pyrrole nitrogens is 1. The summed E-state index contributed by atoms with van der Waals surface area (Å²) in [6.07, 6.45) is 10.1. The molecule has 1 aromatic carbocycles. The molecule has 2 aromatic rings. The van der Waals surface area contributed by atoms with Gasteiger partial charge in [-0.1, -0.05) is 30.7 Å². The minimum Gasteiger partial charge on any atom is -0.418 e. The maximum atomic E-state index is 14.1. The van der Waals surface area contributed by atoms with Gasteiger partial charge < -0.3 is 34.7 Å². The zero-order chi connectivity index (χ0) is 32.8. The molecular weight excluding hydrogens is 598 g/mol. The molecule has 6 rings (SSSR count). The number of aryl methyl sites for hydroxylation is 1. The molecule has 0 radical (unpaired) electrons. The summed E-state index contributed by atoms with van der Waals surface area (Å²) >= 11 is 0. The Bertz CT molecular complexity index is 1530. The molecule has 12 nitrogen and oxygen atoms in total. The number of piperidine rings is 3. The fraction of sp³-hybridized carbons (Fsp3) is 0.543. The normalized spacial score (nSPS) is 20.2. The molecule has 4 aliphatic rings. The molecule has 5 heterocycles. The van der Waals surface area contributed by atoms with E-state index in [1.165, 1.54) is 25.5 Å². The van der Waals surface area contributed by atoms with Crippen molar-refractivity contribution in [2.24, 2.45) is 0 Å². The van der Waals surface area contributed by atoms with Crippen molar-refractivity contribution in [2.75, 3.05) is 44.6 Å². The highest BCUT2D eigenvalue weighted by molar-refractivity contribution is 5.92. The molecule has 1 unspecified atom stereocenters. The largest absolute Gasteiger partial charge is 0.418 e. The molecular formula is C35H47N7O5. The number of likely N-dealkylation sites (tertiary alicyclic amines) is 3. The van der Waals surface area contributed by atoms with Gasteiger partial charge in [-0.2, -0.15) is 0 Å². The topological polar surface area (TPSA) is 134 Å². The number of aromatic amines is 1. The van der Waals surface area contributed by atoms with Gasteiger partial charge in [0.25, 0.3) is 0 Å². The Balaban J connectivity index is 1.12. The van der Waals surface area contributed by atoms with Crippen molar-refractivity contribution < 1.29 is 18.8 Å². The van der Waals surface area contributed by atoms with Gasteiger partial charge in [0.15, 0.2) is 0 Å². The number of aromatic nitrogens is 1. The molecule has 0 bridgehead atoms. The Morgan fingerprint density at radius 3 is 2.38 bits per heavy atom. The van der Waals surface area contributed by atoms with Crippen LogP contribution in [0.1, 0.15) is 61.6 Å². The second-order valence-electron chi connectivity index (χ2n) is 13.3. The summed E-state index contributed by atoms with van der Waals surface area (Å²) in [4.78, 5) is 63.2. The maximum Gasteiger partial charge on any atom is 0.416 e. The van der Waals surface area contributed by atoms with Crippen molar-refractivity contribution in [1.82, 2.24) is 29.9 Å². The van der Waals surface area contributed by atoms with Crippen LogP contribution in [0.15, 0.2) is 58.1 Å². The second kappa shape index (κ2) is 15.1. The number of nitrogens with zero attached hydrogens (tertiary/aromatic N) is 4. The summed E-state index contributed by atoms with van der Waals surface area (Å²) < 4.78 is 5.09. The fourth-order valence-corrected chi connectivity index (χ4v) is 7.43. The molecule has 1 atom stereocenters. The molecule has 4 aliphatic heterocycles. The van der Waals surface area contributed by atoms with Crippen LogP contribution in [-0.4, -0.2) is 99.9 Å². The van der Waals surface area contributed by atoms with Gasteiger partial charge in [0.05, 0.1) is 6.26 Å². The molecule has 47 heavy (non-hydrogen) atoms.